The summed E-state index contributed by atoms with van der Waals surface area (Å²) in [6.45, 7) is 8.55. The lowest BCUT2D eigenvalue weighted by atomic mass is 10.1. The molecule has 3 atom stereocenters. The van der Waals surface area contributed by atoms with Crippen molar-refractivity contribution in [2.75, 3.05) is 57.4 Å². The van der Waals surface area contributed by atoms with E-state index in [-0.39, 0.29) is 31.0 Å². The van der Waals surface area contributed by atoms with Crippen LogP contribution in [0.25, 0.3) is 0 Å². The number of aryl methyl sites for hydroxylation is 1. The van der Waals surface area contributed by atoms with E-state index in [1.54, 1.807) is 9.58 Å². The predicted octanol–water partition coefficient (Wildman–Crippen LogP) is 1.34. The van der Waals surface area contributed by atoms with Crippen molar-refractivity contribution < 1.29 is 19.4 Å². The molecule has 1 saturated carbocycles. The number of hydrogen-bond donors (Lipinski definition) is 1. The minimum atomic E-state index is -0.349. The van der Waals surface area contributed by atoms with E-state index in [4.69, 9.17) is 9.84 Å². The van der Waals surface area contributed by atoms with E-state index in [0.29, 0.717) is 50.4 Å². The minimum Gasteiger partial charge on any atom is -0.394 e. The summed E-state index contributed by atoms with van der Waals surface area (Å²) in [6.07, 6.45) is 1.99. The number of benzene rings is 1. The van der Waals surface area contributed by atoms with Gasteiger partial charge in [0.2, 0.25) is 5.91 Å². The van der Waals surface area contributed by atoms with Gasteiger partial charge in [-0.3, -0.25) is 14.3 Å². The number of aliphatic hydroxyl groups is 1. The topological polar surface area (TPSA) is 91.1 Å². The van der Waals surface area contributed by atoms with Crippen molar-refractivity contribution in [3.8, 4) is 0 Å². The van der Waals surface area contributed by atoms with Crippen LogP contribution in [0.2, 0.25) is 0 Å². The highest BCUT2D eigenvalue weighted by Crippen LogP contribution is 2.57. The molecule has 1 aromatic carbocycles. The van der Waals surface area contributed by atoms with Crippen LogP contribution in [0.4, 0.5) is 5.69 Å². The molecule has 192 valence electrons. The molecule has 9 heteroatoms. The summed E-state index contributed by atoms with van der Waals surface area (Å²) in [5, 5.41) is 14.5. The molecule has 3 fully saturated rings. The summed E-state index contributed by atoms with van der Waals surface area (Å²) in [5.74, 6) is 0.873. The molecule has 0 spiro atoms. The van der Waals surface area contributed by atoms with Gasteiger partial charge < -0.3 is 24.5 Å². The summed E-state index contributed by atoms with van der Waals surface area (Å²) in [7, 11) is 0. The average Bonchev–Trinajstić information content (AvgIpc) is 3.43. The Labute approximate surface area is 211 Å². The molecule has 0 bridgehead atoms. The fourth-order valence-corrected chi connectivity index (χ4v) is 6.19. The largest absolute Gasteiger partial charge is 0.394 e. The number of aliphatic hydroxyl groups excluding tert-OH is 1. The van der Waals surface area contributed by atoms with Gasteiger partial charge in [0.05, 0.1) is 25.9 Å². The Balaban J connectivity index is 1.16. The van der Waals surface area contributed by atoms with Crippen LogP contribution in [0.1, 0.15) is 45.2 Å². The normalized spacial score (nSPS) is 25.1. The van der Waals surface area contributed by atoms with Crippen LogP contribution >= 0.6 is 0 Å². The monoisotopic (exact) mass is 493 g/mol. The number of nitrogens with zero attached hydrogens (tertiary/aromatic N) is 5. The van der Waals surface area contributed by atoms with E-state index in [9.17, 15) is 14.7 Å². The zero-order valence-corrected chi connectivity index (χ0v) is 21.2. The zero-order valence-electron chi connectivity index (χ0n) is 21.2. The maximum Gasteiger partial charge on any atom is 0.275 e. The third-order valence-corrected chi connectivity index (χ3v) is 8.58. The molecule has 2 aliphatic heterocycles. The molecule has 2 amide bonds. The number of hydrogen-bond acceptors (Lipinski definition) is 6. The molecule has 1 aromatic heterocycles. The van der Waals surface area contributed by atoms with Crippen molar-refractivity contribution in [3.05, 3.63) is 46.3 Å². The quantitative estimate of drug-likeness (QED) is 0.676. The highest BCUT2D eigenvalue weighted by atomic mass is 16.5. The van der Waals surface area contributed by atoms with Crippen molar-refractivity contribution >= 4 is 17.5 Å². The van der Waals surface area contributed by atoms with Gasteiger partial charge in [-0.05, 0) is 55.7 Å². The van der Waals surface area contributed by atoms with Crippen LogP contribution in [-0.4, -0.2) is 95.1 Å². The second-order valence-corrected chi connectivity index (χ2v) is 10.7. The van der Waals surface area contributed by atoms with Gasteiger partial charge in [0.15, 0.2) is 5.69 Å². The first-order chi connectivity index (χ1) is 17.5. The molecule has 1 unspecified atom stereocenters. The van der Waals surface area contributed by atoms with Gasteiger partial charge in [-0.25, -0.2) is 0 Å². The molecule has 2 aliphatic carbocycles. The summed E-state index contributed by atoms with van der Waals surface area (Å²) >= 11 is 0. The van der Waals surface area contributed by atoms with Gasteiger partial charge in [-0.1, -0.05) is 12.1 Å². The summed E-state index contributed by atoms with van der Waals surface area (Å²) in [6, 6.07) is 6.04. The van der Waals surface area contributed by atoms with Crippen molar-refractivity contribution in [1.29, 1.82) is 0 Å². The van der Waals surface area contributed by atoms with Crippen LogP contribution in [0.5, 0.6) is 0 Å². The fraction of sp³-hybridized carbons (Fsp3) is 0.593. The number of carbonyl (C=O) groups excluding carboxylic acids is 2. The Morgan fingerprint density at radius 1 is 1.14 bits per heavy atom. The Hall–Kier alpha value is -2.91. The number of piperazine rings is 1. The molecule has 1 N–H and O–H groups in total. The van der Waals surface area contributed by atoms with Crippen molar-refractivity contribution in [3.63, 3.8) is 0 Å². The minimum absolute atomic E-state index is 0.0556. The first-order valence-electron chi connectivity index (χ1n) is 13.1. The highest BCUT2D eigenvalue weighted by molar-refractivity contribution is 5.95. The van der Waals surface area contributed by atoms with Gasteiger partial charge in [-0.15, -0.1) is 0 Å². The molecule has 9 nitrogen and oxygen atoms in total. The van der Waals surface area contributed by atoms with Crippen LogP contribution in [0.3, 0.4) is 0 Å². The molecule has 3 heterocycles. The lowest BCUT2D eigenvalue weighted by Gasteiger charge is -2.37. The standard InChI is InChI=1S/C27H35N5O4/c1-17-4-3-5-22(18(17)2)29-6-8-30(9-7-29)24(34)14-32-23-13-19-12-21(19)25(23)26(28-32)27(35)31-10-11-36-16-20(31)15-33/h3-5,19-21,33H,6-16H2,1-2H3/t19-,20?,21-/m1/s1. The number of amides is 2. The third-order valence-electron chi connectivity index (χ3n) is 8.58. The number of fused-ring (bicyclic) bond motifs is 3. The van der Waals surface area contributed by atoms with Crippen LogP contribution in [0.15, 0.2) is 18.2 Å². The lowest BCUT2D eigenvalue weighted by Crippen LogP contribution is -2.50. The number of carbonyl (C=O) groups is 2. The molecule has 6 rings (SSSR count). The van der Waals surface area contributed by atoms with Gasteiger partial charge in [-0.2, -0.15) is 5.10 Å². The summed E-state index contributed by atoms with van der Waals surface area (Å²) in [4.78, 5) is 32.8. The zero-order chi connectivity index (χ0) is 25.0. The lowest BCUT2D eigenvalue weighted by molar-refractivity contribution is -0.132. The molecular weight excluding hydrogens is 458 g/mol. The fourth-order valence-electron chi connectivity index (χ4n) is 6.19. The predicted molar refractivity (Wildman–Crippen MR) is 134 cm³/mol. The van der Waals surface area contributed by atoms with Gasteiger partial charge in [0.1, 0.15) is 6.54 Å². The Morgan fingerprint density at radius 2 is 1.94 bits per heavy atom. The van der Waals surface area contributed by atoms with Crippen LogP contribution in [-0.2, 0) is 22.5 Å². The van der Waals surface area contributed by atoms with E-state index >= 15 is 0 Å². The second-order valence-electron chi connectivity index (χ2n) is 10.7. The van der Waals surface area contributed by atoms with Crippen LogP contribution < -0.4 is 4.90 Å². The molecule has 36 heavy (non-hydrogen) atoms. The smallest absolute Gasteiger partial charge is 0.275 e. The molecule has 4 aliphatic rings. The number of anilines is 1. The van der Waals surface area contributed by atoms with Crippen molar-refractivity contribution in [2.24, 2.45) is 5.92 Å². The maximum atomic E-state index is 13.5. The first kappa shape index (κ1) is 23.5. The third kappa shape index (κ3) is 3.98. The Kier molecular flexibility index (Phi) is 6.00. The average molecular weight is 494 g/mol. The SMILES string of the molecule is Cc1cccc(N2CCN(C(=O)Cn3nc(C(=O)N4CCOCC4CO)c4c3C[C@H]3C[C@@H]43)CC2)c1C. The van der Waals surface area contributed by atoms with Gasteiger partial charge in [0, 0.05) is 49.7 Å². The Bertz CT molecular complexity index is 1190. The van der Waals surface area contributed by atoms with E-state index < -0.39 is 0 Å². The molecular formula is C27H35N5O4. The highest BCUT2D eigenvalue weighted by Gasteiger charge is 2.51. The number of ether oxygens (including phenoxy) is 1. The molecule has 2 saturated heterocycles. The van der Waals surface area contributed by atoms with Gasteiger partial charge >= 0.3 is 0 Å². The molecule has 0 radical (unpaired) electrons. The summed E-state index contributed by atoms with van der Waals surface area (Å²) in [5.41, 5.74) is 6.39. The van der Waals surface area contributed by atoms with Gasteiger partial charge in [0.25, 0.3) is 5.91 Å². The van der Waals surface area contributed by atoms with Crippen molar-refractivity contribution in [1.82, 2.24) is 19.6 Å². The van der Waals surface area contributed by atoms with E-state index in [1.807, 2.05) is 4.90 Å². The number of aromatic nitrogens is 2. The molecule has 2 aromatic rings. The maximum absolute atomic E-state index is 13.5. The van der Waals surface area contributed by atoms with Crippen LogP contribution in [0, 0.1) is 19.8 Å². The number of rotatable bonds is 5. The Morgan fingerprint density at radius 3 is 2.72 bits per heavy atom. The second kappa shape index (κ2) is 9.19. The summed E-state index contributed by atoms with van der Waals surface area (Å²) < 4.78 is 7.25. The van der Waals surface area contributed by atoms with E-state index in [2.05, 4.69) is 36.9 Å². The number of morpholine rings is 1. The van der Waals surface area contributed by atoms with E-state index in [0.717, 1.165) is 37.2 Å². The van der Waals surface area contributed by atoms with E-state index in [1.165, 1.54) is 16.8 Å². The van der Waals surface area contributed by atoms with Crippen molar-refractivity contribution in [2.45, 2.75) is 45.2 Å². The first-order valence-corrected chi connectivity index (χ1v) is 13.1.